The average molecular weight is 453 g/mol. The number of nitrogens with one attached hydrogen (secondary N) is 1. The predicted octanol–water partition coefficient (Wildman–Crippen LogP) is 4.09. The number of hydrogen-bond acceptors (Lipinski definition) is 7. The number of aromatic nitrogens is 4. The molecule has 1 amide bonds. The van der Waals surface area contributed by atoms with Crippen LogP contribution in [0.3, 0.4) is 0 Å². The lowest BCUT2D eigenvalue weighted by Gasteiger charge is -2.13. The van der Waals surface area contributed by atoms with Crippen molar-refractivity contribution in [1.82, 2.24) is 19.7 Å². The van der Waals surface area contributed by atoms with Crippen LogP contribution in [-0.4, -0.2) is 45.1 Å². The number of rotatable bonds is 7. The number of carbonyl (C=O) groups is 1. The van der Waals surface area contributed by atoms with Crippen LogP contribution in [0.5, 0.6) is 11.5 Å². The first-order chi connectivity index (χ1) is 15.5. The van der Waals surface area contributed by atoms with Gasteiger partial charge in [0.2, 0.25) is 5.91 Å². The molecule has 4 rings (SSSR count). The van der Waals surface area contributed by atoms with Crippen LogP contribution in [0.25, 0.3) is 16.7 Å². The first kappa shape index (κ1) is 21.6. The van der Waals surface area contributed by atoms with Crippen molar-refractivity contribution < 1.29 is 18.7 Å². The molecule has 164 valence electrons. The molecule has 10 heteroatoms. The van der Waals surface area contributed by atoms with E-state index in [1.54, 1.807) is 62.4 Å². The Labute approximate surface area is 187 Å². The molecule has 2 heterocycles. The predicted molar refractivity (Wildman–Crippen MR) is 120 cm³/mol. The van der Waals surface area contributed by atoms with Crippen LogP contribution in [0.4, 0.5) is 10.1 Å². The van der Waals surface area contributed by atoms with E-state index in [0.717, 1.165) is 0 Å². The minimum Gasteiger partial charge on any atom is -0.497 e. The Morgan fingerprint density at radius 2 is 1.78 bits per heavy atom. The van der Waals surface area contributed by atoms with Gasteiger partial charge in [0.25, 0.3) is 0 Å². The summed E-state index contributed by atoms with van der Waals surface area (Å²) in [4.78, 5) is 21.4. The fourth-order valence-electron chi connectivity index (χ4n) is 3.03. The first-order valence-electron chi connectivity index (χ1n) is 9.63. The number of anilines is 1. The molecule has 1 atom stereocenters. The van der Waals surface area contributed by atoms with Crippen LogP contribution >= 0.6 is 11.8 Å². The van der Waals surface area contributed by atoms with Gasteiger partial charge >= 0.3 is 0 Å². The van der Waals surface area contributed by atoms with Gasteiger partial charge in [-0.25, -0.2) is 19.0 Å². The molecule has 0 aliphatic rings. The van der Waals surface area contributed by atoms with Crippen LogP contribution in [0.2, 0.25) is 0 Å². The number of thioether (sulfide) groups is 1. The van der Waals surface area contributed by atoms with E-state index in [1.807, 2.05) is 0 Å². The van der Waals surface area contributed by atoms with Crippen molar-refractivity contribution in [1.29, 1.82) is 0 Å². The molecular formula is C22H20FN5O3S. The number of hydrogen-bond donors (Lipinski definition) is 1. The van der Waals surface area contributed by atoms with Gasteiger partial charge in [0, 0.05) is 23.9 Å². The Bertz CT molecular complexity index is 1240. The van der Waals surface area contributed by atoms with Crippen molar-refractivity contribution in [3.8, 4) is 17.2 Å². The van der Waals surface area contributed by atoms with Gasteiger partial charge in [-0.3, -0.25) is 4.79 Å². The van der Waals surface area contributed by atoms with Crippen molar-refractivity contribution in [2.75, 3.05) is 19.5 Å². The molecule has 1 unspecified atom stereocenters. The van der Waals surface area contributed by atoms with Crippen molar-refractivity contribution in [2.45, 2.75) is 17.2 Å². The van der Waals surface area contributed by atoms with Crippen LogP contribution in [-0.2, 0) is 4.79 Å². The lowest BCUT2D eigenvalue weighted by molar-refractivity contribution is -0.115. The Morgan fingerprint density at radius 1 is 1.09 bits per heavy atom. The molecule has 32 heavy (non-hydrogen) atoms. The number of amides is 1. The molecule has 0 radical (unpaired) electrons. The summed E-state index contributed by atoms with van der Waals surface area (Å²) in [5.74, 6) is 0.615. The number of ether oxygens (including phenoxy) is 2. The maximum Gasteiger partial charge on any atom is 0.237 e. The zero-order valence-electron chi connectivity index (χ0n) is 17.6. The van der Waals surface area contributed by atoms with Gasteiger partial charge in [0.05, 0.1) is 36.7 Å². The Kier molecular flexibility index (Phi) is 6.22. The highest BCUT2D eigenvalue weighted by Crippen LogP contribution is 2.30. The van der Waals surface area contributed by atoms with E-state index in [0.29, 0.717) is 38.9 Å². The number of fused-ring (bicyclic) bond motifs is 1. The van der Waals surface area contributed by atoms with E-state index in [9.17, 15) is 9.18 Å². The van der Waals surface area contributed by atoms with Crippen molar-refractivity contribution in [2.24, 2.45) is 0 Å². The van der Waals surface area contributed by atoms with Gasteiger partial charge in [0.1, 0.15) is 28.7 Å². The second kappa shape index (κ2) is 9.23. The summed E-state index contributed by atoms with van der Waals surface area (Å²) in [5.41, 5.74) is 1.81. The lowest BCUT2D eigenvalue weighted by atomic mass is 10.2. The zero-order valence-corrected chi connectivity index (χ0v) is 18.4. The molecule has 0 fully saturated rings. The zero-order chi connectivity index (χ0) is 22.7. The molecule has 0 spiro atoms. The first-order valence-corrected chi connectivity index (χ1v) is 10.5. The third-order valence-corrected chi connectivity index (χ3v) is 5.79. The SMILES string of the molecule is COc1cc(NC(=O)C(C)Sc2ncnc3c2cnn3-c2ccc(F)cc2)cc(OC)c1. The normalized spacial score (nSPS) is 11.9. The van der Waals surface area contributed by atoms with E-state index in [-0.39, 0.29) is 11.7 Å². The molecule has 2 aromatic heterocycles. The average Bonchev–Trinajstić information content (AvgIpc) is 3.24. The quantitative estimate of drug-likeness (QED) is 0.333. The highest BCUT2D eigenvalue weighted by Gasteiger charge is 2.19. The highest BCUT2D eigenvalue weighted by molar-refractivity contribution is 8.00. The van der Waals surface area contributed by atoms with Gasteiger partial charge in [-0.2, -0.15) is 5.10 Å². The minimum absolute atomic E-state index is 0.206. The molecular weight excluding hydrogens is 433 g/mol. The second-order valence-corrected chi connectivity index (χ2v) is 8.13. The summed E-state index contributed by atoms with van der Waals surface area (Å²) in [5, 5.41) is 8.10. The van der Waals surface area contributed by atoms with Gasteiger partial charge in [-0.1, -0.05) is 11.8 Å². The largest absolute Gasteiger partial charge is 0.497 e. The van der Waals surface area contributed by atoms with E-state index >= 15 is 0 Å². The van der Waals surface area contributed by atoms with Gasteiger partial charge in [0.15, 0.2) is 5.65 Å². The molecule has 4 aromatic rings. The number of carbonyl (C=O) groups excluding carboxylic acids is 1. The number of benzene rings is 2. The molecule has 0 bridgehead atoms. The van der Waals surface area contributed by atoms with E-state index < -0.39 is 5.25 Å². The number of methoxy groups -OCH3 is 2. The van der Waals surface area contributed by atoms with Crippen molar-refractivity contribution >= 4 is 34.4 Å². The monoisotopic (exact) mass is 453 g/mol. The third-order valence-electron chi connectivity index (χ3n) is 4.68. The highest BCUT2D eigenvalue weighted by atomic mass is 32.2. The summed E-state index contributed by atoms with van der Waals surface area (Å²) in [6.45, 7) is 1.79. The Hall–Kier alpha value is -3.66. The molecule has 1 N–H and O–H groups in total. The second-order valence-electron chi connectivity index (χ2n) is 6.80. The molecule has 8 nitrogen and oxygen atoms in total. The standard InChI is InChI=1S/C22H20FN5O3S/c1-13(21(29)27-15-8-17(30-2)10-18(9-15)31-3)32-22-19-11-26-28(20(19)24-12-25-22)16-6-4-14(23)5-7-16/h4-13H,1-3H3,(H,27,29). The maximum absolute atomic E-state index is 13.3. The van der Waals surface area contributed by atoms with Gasteiger partial charge < -0.3 is 14.8 Å². The van der Waals surface area contributed by atoms with Gasteiger partial charge in [-0.05, 0) is 31.2 Å². The Balaban J connectivity index is 1.54. The smallest absolute Gasteiger partial charge is 0.237 e. The Morgan fingerprint density at radius 3 is 2.44 bits per heavy atom. The van der Waals surface area contributed by atoms with E-state index in [1.165, 1.54) is 30.2 Å². The molecule has 2 aromatic carbocycles. The molecule has 0 saturated carbocycles. The molecule has 0 aliphatic heterocycles. The number of halogens is 1. The van der Waals surface area contributed by atoms with Crippen molar-refractivity contribution in [3.05, 3.63) is 60.8 Å². The van der Waals surface area contributed by atoms with E-state index in [2.05, 4.69) is 20.4 Å². The summed E-state index contributed by atoms with van der Waals surface area (Å²) in [6, 6.07) is 11.1. The van der Waals surface area contributed by atoms with Gasteiger partial charge in [-0.15, -0.1) is 0 Å². The number of nitrogens with zero attached hydrogens (tertiary/aromatic N) is 4. The fraction of sp³-hybridized carbons (Fsp3) is 0.182. The lowest BCUT2D eigenvalue weighted by Crippen LogP contribution is -2.22. The van der Waals surface area contributed by atoms with Crippen molar-refractivity contribution in [3.63, 3.8) is 0 Å². The summed E-state index contributed by atoms with van der Waals surface area (Å²) < 4.78 is 25.4. The van der Waals surface area contributed by atoms with Crippen LogP contribution < -0.4 is 14.8 Å². The van der Waals surface area contributed by atoms with Crippen LogP contribution in [0.1, 0.15) is 6.92 Å². The van der Waals surface area contributed by atoms with Crippen LogP contribution in [0.15, 0.2) is 60.0 Å². The maximum atomic E-state index is 13.3. The fourth-order valence-corrected chi connectivity index (χ4v) is 3.91. The third kappa shape index (κ3) is 4.50. The molecule has 0 saturated heterocycles. The summed E-state index contributed by atoms with van der Waals surface area (Å²) in [6.07, 6.45) is 3.06. The minimum atomic E-state index is -0.459. The topological polar surface area (TPSA) is 91.2 Å². The summed E-state index contributed by atoms with van der Waals surface area (Å²) >= 11 is 1.29. The molecule has 0 aliphatic carbocycles. The van der Waals surface area contributed by atoms with Crippen LogP contribution in [0, 0.1) is 5.82 Å². The van der Waals surface area contributed by atoms with E-state index in [4.69, 9.17) is 9.47 Å². The summed E-state index contributed by atoms with van der Waals surface area (Å²) in [7, 11) is 3.09.